The third-order valence-corrected chi connectivity index (χ3v) is 11.6. The van der Waals surface area contributed by atoms with Crippen molar-refractivity contribution in [2.45, 2.75) is 117 Å². The number of likely N-dealkylation sites (tertiary alicyclic amines) is 1. The molecule has 0 spiro atoms. The van der Waals surface area contributed by atoms with E-state index in [-0.39, 0.29) is 48.7 Å². The molecule has 3 aromatic rings. The monoisotopic (exact) mass is 850 g/mol. The molecule has 62 heavy (non-hydrogen) atoms. The Labute approximate surface area is 368 Å². The van der Waals surface area contributed by atoms with Crippen molar-refractivity contribution >= 4 is 29.9 Å². The minimum absolute atomic E-state index is 0.194. The molecule has 1 saturated heterocycles. The van der Waals surface area contributed by atoms with E-state index in [4.69, 9.17) is 9.47 Å². The second kappa shape index (κ2) is 21.9. The number of ether oxygens (including phenoxy) is 2. The normalized spacial score (nSPS) is 16.3. The van der Waals surface area contributed by atoms with Crippen molar-refractivity contribution in [2.75, 3.05) is 33.3 Å². The summed E-state index contributed by atoms with van der Waals surface area (Å²) in [5.74, 6) is -1.15. The van der Waals surface area contributed by atoms with Crippen LogP contribution >= 0.6 is 0 Å². The highest BCUT2D eigenvalue weighted by atomic mass is 16.6. The van der Waals surface area contributed by atoms with Gasteiger partial charge in [-0.1, -0.05) is 105 Å². The highest BCUT2D eigenvalue weighted by Gasteiger charge is 2.39. The molecule has 1 aliphatic carbocycles. The van der Waals surface area contributed by atoms with E-state index in [0.29, 0.717) is 51.7 Å². The number of hydrogen-bond acceptors (Lipinski definition) is 7. The molecule has 3 aromatic carbocycles. The number of amides is 5. The van der Waals surface area contributed by atoms with Gasteiger partial charge in [0.25, 0.3) is 0 Å². The average Bonchev–Trinajstić information content (AvgIpc) is 3.86. The van der Waals surface area contributed by atoms with Crippen molar-refractivity contribution in [1.82, 2.24) is 25.3 Å². The van der Waals surface area contributed by atoms with Crippen molar-refractivity contribution < 1.29 is 33.4 Å². The van der Waals surface area contributed by atoms with Gasteiger partial charge >= 0.3 is 12.2 Å². The minimum Gasteiger partial charge on any atom is -0.453 e. The molecular formula is C50H67N5O7. The lowest BCUT2D eigenvalue weighted by atomic mass is 9.94. The Hall–Kier alpha value is -5.65. The number of carbonyl (C=O) groups is 5. The summed E-state index contributed by atoms with van der Waals surface area (Å²) in [5, 5.41) is 6.04. The molecule has 334 valence electrons. The van der Waals surface area contributed by atoms with E-state index in [1.165, 1.54) is 7.11 Å². The minimum atomic E-state index is -0.877. The Morgan fingerprint density at radius 2 is 1.47 bits per heavy atom. The fourth-order valence-electron chi connectivity index (χ4n) is 8.70. The fraction of sp³-hybridized carbons (Fsp3) is 0.500. The molecule has 0 unspecified atom stereocenters. The fourth-order valence-corrected chi connectivity index (χ4v) is 8.70. The summed E-state index contributed by atoms with van der Waals surface area (Å²) in [4.78, 5) is 74.4. The summed E-state index contributed by atoms with van der Waals surface area (Å²) in [5.41, 5.74) is 4.43. The van der Waals surface area contributed by atoms with Crippen LogP contribution in [0.3, 0.4) is 0 Å². The highest BCUT2D eigenvalue weighted by molar-refractivity contribution is 5.93. The largest absolute Gasteiger partial charge is 0.453 e. The summed E-state index contributed by atoms with van der Waals surface area (Å²) in [6, 6.07) is 23.4. The van der Waals surface area contributed by atoms with E-state index in [1.54, 1.807) is 14.7 Å². The Kier molecular flexibility index (Phi) is 16.8. The van der Waals surface area contributed by atoms with Crippen molar-refractivity contribution in [3.8, 4) is 11.1 Å². The SMILES string of the molecule is CCN(CC)C(=O)[C@H](CCCN(C(=O)OC)C1c2ccccc2-c2ccccc21)NC(=O)[C@@H]1CCCN1C(=O)[C@H](/C=C/[C@H](CC(C)C)NC(=O)OC(C)(C)C)Cc1ccccc1. The van der Waals surface area contributed by atoms with Gasteiger partial charge in [0.2, 0.25) is 17.7 Å². The Balaban J connectivity index is 1.35. The molecule has 1 heterocycles. The zero-order valence-corrected chi connectivity index (χ0v) is 37.9. The number of methoxy groups -OCH3 is 1. The molecule has 0 bridgehead atoms. The lowest BCUT2D eigenvalue weighted by molar-refractivity contribution is -0.142. The van der Waals surface area contributed by atoms with Crippen LogP contribution in [0.15, 0.2) is 91.0 Å². The third-order valence-electron chi connectivity index (χ3n) is 11.6. The number of benzene rings is 3. The maximum Gasteiger partial charge on any atom is 0.410 e. The van der Waals surface area contributed by atoms with Crippen molar-refractivity contribution in [3.05, 3.63) is 108 Å². The lowest BCUT2D eigenvalue weighted by Gasteiger charge is -2.32. The maximum atomic E-state index is 14.6. The summed E-state index contributed by atoms with van der Waals surface area (Å²) >= 11 is 0. The number of fused-ring (bicyclic) bond motifs is 3. The number of nitrogens with one attached hydrogen (secondary N) is 2. The maximum absolute atomic E-state index is 14.6. The van der Waals surface area contributed by atoms with Gasteiger partial charge in [0.15, 0.2) is 0 Å². The van der Waals surface area contributed by atoms with Gasteiger partial charge in [0, 0.05) is 26.2 Å². The van der Waals surface area contributed by atoms with Crippen LogP contribution in [-0.2, 0) is 30.3 Å². The number of likely N-dealkylation sites (N-methyl/N-ethyl adjacent to an activating group) is 1. The quantitative estimate of drug-likeness (QED) is 0.123. The molecule has 0 radical (unpaired) electrons. The van der Waals surface area contributed by atoms with E-state index >= 15 is 0 Å². The molecule has 12 heteroatoms. The van der Waals surface area contributed by atoms with E-state index in [1.807, 2.05) is 114 Å². The van der Waals surface area contributed by atoms with Gasteiger partial charge in [-0.3, -0.25) is 19.3 Å². The summed E-state index contributed by atoms with van der Waals surface area (Å²) < 4.78 is 10.9. The van der Waals surface area contributed by atoms with Crippen molar-refractivity contribution in [1.29, 1.82) is 0 Å². The van der Waals surface area contributed by atoms with Crippen LogP contribution in [0.1, 0.15) is 103 Å². The predicted octanol–water partition coefficient (Wildman–Crippen LogP) is 8.30. The Bertz CT molecular complexity index is 1980. The number of rotatable bonds is 18. The first-order valence-corrected chi connectivity index (χ1v) is 22.3. The Morgan fingerprint density at radius 3 is 2.05 bits per heavy atom. The third kappa shape index (κ3) is 12.3. The molecule has 0 saturated carbocycles. The van der Waals surface area contributed by atoms with Gasteiger partial charge in [-0.25, -0.2) is 9.59 Å². The number of alkyl carbamates (subject to hydrolysis) is 1. The van der Waals surface area contributed by atoms with Crippen LogP contribution in [0.5, 0.6) is 0 Å². The van der Waals surface area contributed by atoms with Gasteiger partial charge in [-0.05, 0) is 107 Å². The predicted molar refractivity (Wildman–Crippen MR) is 242 cm³/mol. The average molecular weight is 850 g/mol. The van der Waals surface area contributed by atoms with Crippen LogP contribution < -0.4 is 10.6 Å². The van der Waals surface area contributed by atoms with Gasteiger partial charge in [0.05, 0.1) is 25.1 Å². The van der Waals surface area contributed by atoms with E-state index in [2.05, 4.69) is 36.6 Å². The summed E-state index contributed by atoms with van der Waals surface area (Å²) in [6.07, 6.45) is 5.52. The second-order valence-electron chi connectivity index (χ2n) is 17.7. The molecular weight excluding hydrogens is 783 g/mol. The first kappa shape index (κ1) is 47.4. The van der Waals surface area contributed by atoms with Crippen LogP contribution in [0.4, 0.5) is 9.59 Å². The molecule has 5 rings (SSSR count). The first-order chi connectivity index (χ1) is 29.6. The van der Waals surface area contributed by atoms with Crippen LogP contribution in [-0.4, -0.2) is 102 Å². The standard InChI is InChI=1S/C50H67N5O7/c1-9-53(10-2)47(58)42(26-18-31-55(49(60)61-8)44-40-24-16-14-22-38(40)39-23-15-17-25-41(39)44)52-45(56)43-27-19-30-54(43)46(57)36(33-35-20-12-11-13-21-35)28-29-37(32-34(3)4)51-48(59)62-50(5,6)7/h11-17,20-25,28-29,34,36-37,42-44H,9-10,18-19,26-27,30-33H2,1-8H3,(H,51,59)(H,52,56)/b29-28+/t36-,37-,42+,43+/m1/s1. The second-order valence-corrected chi connectivity index (χ2v) is 17.7. The summed E-state index contributed by atoms with van der Waals surface area (Å²) in [7, 11) is 1.37. The van der Waals surface area contributed by atoms with Crippen LogP contribution in [0, 0.1) is 11.8 Å². The molecule has 1 fully saturated rings. The summed E-state index contributed by atoms with van der Waals surface area (Å²) in [6.45, 7) is 15.0. The van der Waals surface area contributed by atoms with Gasteiger partial charge in [-0.2, -0.15) is 0 Å². The molecule has 1 aliphatic heterocycles. The van der Waals surface area contributed by atoms with Crippen molar-refractivity contribution in [2.24, 2.45) is 11.8 Å². The molecule has 0 aromatic heterocycles. The lowest BCUT2D eigenvalue weighted by Crippen LogP contribution is -2.54. The molecule has 2 aliphatic rings. The van der Waals surface area contributed by atoms with E-state index < -0.39 is 35.8 Å². The number of nitrogens with zero attached hydrogens (tertiary/aromatic N) is 3. The molecule has 4 atom stereocenters. The van der Waals surface area contributed by atoms with Gasteiger partial charge < -0.3 is 29.9 Å². The van der Waals surface area contributed by atoms with E-state index in [9.17, 15) is 24.0 Å². The molecule has 5 amide bonds. The van der Waals surface area contributed by atoms with E-state index in [0.717, 1.165) is 27.8 Å². The Morgan fingerprint density at radius 1 is 0.855 bits per heavy atom. The van der Waals surface area contributed by atoms with Gasteiger partial charge in [0.1, 0.15) is 17.7 Å². The highest BCUT2D eigenvalue weighted by Crippen LogP contribution is 2.46. The molecule has 2 N–H and O–H groups in total. The molecule has 12 nitrogen and oxygen atoms in total. The number of carbonyl (C=O) groups excluding carboxylic acids is 5. The first-order valence-electron chi connectivity index (χ1n) is 22.3. The van der Waals surface area contributed by atoms with Gasteiger partial charge in [-0.15, -0.1) is 0 Å². The topological polar surface area (TPSA) is 138 Å². The van der Waals surface area contributed by atoms with Crippen molar-refractivity contribution in [3.63, 3.8) is 0 Å². The zero-order valence-electron chi connectivity index (χ0n) is 37.9. The number of hydrogen-bond donors (Lipinski definition) is 2. The van der Waals surface area contributed by atoms with Crippen LogP contribution in [0.2, 0.25) is 0 Å². The zero-order chi connectivity index (χ0) is 45.0. The van der Waals surface area contributed by atoms with Crippen LogP contribution in [0.25, 0.3) is 11.1 Å². The smallest absolute Gasteiger partial charge is 0.410 e.